The Balaban J connectivity index is 2.75. The summed E-state index contributed by atoms with van der Waals surface area (Å²) in [5.74, 6) is -0.0439. The van der Waals surface area contributed by atoms with E-state index in [-0.39, 0.29) is 18.0 Å². The van der Waals surface area contributed by atoms with Gasteiger partial charge in [-0.2, -0.15) is 0 Å². The maximum absolute atomic E-state index is 12.2. The smallest absolute Gasteiger partial charge is 0.322 e. The molecule has 0 saturated heterocycles. The predicted octanol–water partition coefficient (Wildman–Crippen LogP) is 3.85. The number of alkyl halides is 1. The molecule has 1 aliphatic carbocycles. The minimum Gasteiger partial charge on any atom is -0.461 e. The quantitative estimate of drug-likeness (QED) is 0.431. The molecule has 0 aromatic heterocycles. The van der Waals surface area contributed by atoms with Crippen LogP contribution in [0.1, 0.15) is 66.2 Å². The Morgan fingerprint density at radius 3 is 2.32 bits per heavy atom. The van der Waals surface area contributed by atoms with Crippen molar-refractivity contribution in [3.8, 4) is 0 Å². The van der Waals surface area contributed by atoms with Crippen LogP contribution in [0.4, 0.5) is 0 Å². The monoisotopic (exact) mass is 382 g/mol. The normalized spacial score (nSPS) is 27.1. The first-order valence-electron chi connectivity index (χ1n) is 7.43. The van der Waals surface area contributed by atoms with Gasteiger partial charge in [0.1, 0.15) is 9.53 Å². The zero-order chi connectivity index (χ0) is 14.7. The Labute approximate surface area is 130 Å². The minimum atomic E-state index is -0.685. The van der Waals surface area contributed by atoms with Gasteiger partial charge in [0.25, 0.3) is 0 Å². The van der Waals surface area contributed by atoms with E-state index in [9.17, 15) is 9.90 Å². The van der Waals surface area contributed by atoms with Crippen molar-refractivity contribution < 1.29 is 14.6 Å². The van der Waals surface area contributed by atoms with E-state index >= 15 is 0 Å². The molecular weight excluding hydrogens is 355 g/mol. The number of carbonyl (C=O) groups excluding carboxylic acids is 1. The molecule has 1 aliphatic rings. The molecule has 0 bridgehead atoms. The van der Waals surface area contributed by atoms with Gasteiger partial charge in [-0.05, 0) is 45.4 Å². The number of esters is 1. The van der Waals surface area contributed by atoms with Gasteiger partial charge in [0, 0.05) is 5.92 Å². The van der Waals surface area contributed by atoms with Crippen LogP contribution in [0, 0.1) is 5.92 Å². The van der Waals surface area contributed by atoms with Crippen LogP contribution >= 0.6 is 22.6 Å². The van der Waals surface area contributed by atoms with E-state index in [2.05, 4.69) is 22.6 Å². The van der Waals surface area contributed by atoms with E-state index in [1.807, 2.05) is 27.7 Å². The maximum Gasteiger partial charge on any atom is 0.322 e. The molecule has 0 aliphatic heterocycles. The molecule has 112 valence electrons. The summed E-state index contributed by atoms with van der Waals surface area (Å²) in [4.78, 5) is 12.2. The molecule has 0 radical (unpaired) electrons. The van der Waals surface area contributed by atoms with Crippen molar-refractivity contribution in [3.05, 3.63) is 0 Å². The van der Waals surface area contributed by atoms with Gasteiger partial charge in [-0.1, -0.05) is 43.4 Å². The van der Waals surface area contributed by atoms with Crippen molar-refractivity contribution in [1.82, 2.24) is 0 Å². The average molecular weight is 382 g/mol. The van der Waals surface area contributed by atoms with Crippen LogP contribution in [0.15, 0.2) is 0 Å². The van der Waals surface area contributed by atoms with E-state index in [1.54, 1.807) is 0 Å². The second kappa shape index (κ2) is 6.74. The first-order valence-corrected chi connectivity index (χ1v) is 8.51. The van der Waals surface area contributed by atoms with Crippen LogP contribution in [0.3, 0.4) is 0 Å². The number of halogens is 1. The van der Waals surface area contributed by atoms with Crippen LogP contribution in [-0.2, 0) is 9.53 Å². The molecule has 1 N–H and O–H groups in total. The van der Waals surface area contributed by atoms with E-state index in [0.717, 1.165) is 38.5 Å². The summed E-state index contributed by atoms with van der Waals surface area (Å²) in [6, 6.07) is 0. The molecular formula is C15H27IO3. The first kappa shape index (κ1) is 17.2. The topological polar surface area (TPSA) is 46.5 Å². The van der Waals surface area contributed by atoms with Crippen molar-refractivity contribution >= 4 is 28.6 Å². The summed E-state index contributed by atoms with van der Waals surface area (Å²) in [6.45, 7) is 7.92. The van der Waals surface area contributed by atoms with Crippen molar-refractivity contribution in [2.24, 2.45) is 5.92 Å². The zero-order valence-electron chi connectivity index (χ0n) is 12.5. The van der Waals surface area contributed by atoms with Crippen LogP contribution < -0.4 is 0 Å². The van der Waals surface area contributed by atoms with Gasteiger partial charge >= 0.3 is 5.97 Å². The highest BCUT2D eigenvalue weighted by Crippen LogP contribution is 2.40. The predicted molar refractivity (Wildman–Crippen MR) is 85.5 cm³/mol. The Morgan fingerprint density at radius 2 is 1.84 bits per heavy atom. The van der Waals surface area contributed by atoms with Crippen LogP contribution in [0.2, 0.25) is 0 Å². The Morgan fingerprint density at radius 1 is 1.26 bits per heavy atom. The second-order valence-electron chi connectivity index (χ2n) is 5.84. The number of carbonyl (C=O) groups is 1. The number of rotatable bonds is 6. The average Bonchev–Trinajstić information content (AvgIpc) is 2.86. The van der Waals surface area contributed by atoms with E-state index in [0.29, 0.717) is 0 Å². The van der Waals surface area contributed by atoms with Gasteiger partial charge in [-0.3, -0.25) is 4.79 Å². The summed E-state index contributed by atoms with van der Waals surface area (Å²) < 4.78 is 5.27. The molecule has 1 fully saturated rings. The standard InChI is InChI=1S/C15H27IO3/c1-5-14(4,16)13(17)19-12-10-8-9-11(12)15(18,6-2)7-3/h11-12,18H,5-10H2,1-4H3. The van der Waals surface area contributed by atoms with Gasteiger partial charge in [-0.15, -0.1) is 0 Å². The van der Waals surface area contributed by atoms with Crippen molar-refractivity contribution in [2.45, 2.75) is 81.3 Å². The fraction of sp³-hybridized carbons (Fsp3) is 0.933. The molecule has 19 heavy (non-hydrogen) atoms. The summed E-state index contributed by atoms with van der Waals surface area (Å²) in [5.41, 5.74) is -0.685. The highest BCUT2D eigenvalue weighted by atomic mass is 127. The lowest BCUT2D eigenvalue weighted by atomic mass is 9.80. The van der Waals surface area contributed by atoms with Crippen molar-refractivity contribution in [2.75, 3.05) is 0 Å². The fourth-order valence-electron chi connectivity index (χ4n) is 2.86. The molecule has 1 rings (SSSR count). The molecule has 1 saturated carbocycles. The summed E-state index contributed by atoms with van der Waals surface area (Å²) in [7, 11) is 0. The van der Waals surface area contributed by atoms with Crippen LogP contribution in [-0.4, -0.2) is 26.2 Å². The zero-order valence-corrected chi connectivity index (χ0v) is 14.7. The van der Waals surface area contributed by atoms with Crippen molar-refractivity contribution in [3.63, 3.8) is 0 Å². The molecule has 0 spiro atoms. The molecule has 0 heterocycles. The third-order valence-corrected chi connectivity index (χ3v) is 5.92. The number of ether oxygens (including phenoxy) is 1. The van der Waals surface area contributed by atoms with E-state index < -0.39 is 9.02 Å². The third-order valence-electron chi connectivity index (χ3n) is 4.72. The van der Waals surface area contributed by atoms with Crippen LogP contribution in [0.5, 0.6) is 0 Å². The van der Waals surface area contributed by atoms with Crippen LogP contribution in [0.25, 0.3) is 0 Å². The van der Waals surface area contributed by atoms with Gasteiger partial charge in [0.05, 0.1) is 5.60 Å². The lowest BCUT2D eigenvalue weighted by molar-refractivity contribution is -0.159. The van der Waals surface area contributed by atoms with Gasteiger partial charge in [-0.25, -0.2) is 0 Å². The highest BCUT2D eigenvalue weighted by Gasteiger charge is 2.44. The second-order valence-corrected chi connectivity index (χ2v) is 8.22. The number of hydrogen-bond donors (Lipinski definition) is 1. The van der Waals surface area contributed by atoms with Gasteiger partial charge < -0.3 is 9.84 Å². The van der Waals surface area contributed by atoms with Crippen molar-refractivity contribution in [1.29, 1.82) is 0 Å². The SMILES string of the molecule is CCC(C)(I)C(=O)OC1CCCC1C(O)(CC)CC. The molecule has 3 nitrogen and oxygen atoms in total. The molecule has 3 unspecified atom stereocenters. The summed E-state index contributed by atoms with van der Waals surface area (Å²) in [6.07, 6.45) is 4.97. The third kappa shape index (κ3) is 3.84. The lowest BCUT2D eigenvalue weighted by Crippen LogP contribution is -2.44. The fourth-order valence-corrected chi connectivity index (χ4v) is 2.99. The first-order chi connectivity index (χ1) is 8.80. The molecule has 3 atom stereocenters. The Kier molecular flexibility index (Phi) is 6.11. The molecule has 0 aromatic carbocycles. The van der Waals surface area contributed by atoms with E-state index in [1.165, 1.54) is 0 Å². The largest absolute Gasteiger partial charge is 0.461 e. The lowest BCUT2D eigenvalue weighted by Gasteiger charge is -2.36. The van der Waals surface area contributed by atoms with Gasteiger partial charge in [0.15, 0.2) is 0 Å². The Hall–Kier alpha value is 0.160. The minimum absolute atomic E-state index is 0.0931. The van der Waals surface area contributed by atoms with Gasteiger partial charge in [0.2, 0.25) is 0 Å². The molecule has 4 heteroatoms. The number of hydrogen-bond acceptors (Lipinski definition) is 3. The molecule has 0 aromatic rings. The highest BCUT2D eigenvalue weighted by molar-refractivity contribution is 14.1. The number of aliphatic hydroxyl groups is 1. The molecule has 0 amide bonds. The van der Waals surface area contributed by atoms with E-state index in [4.69, 9.17) is 4.74 Å². The maximum atomic E-state index is 12.2. The Bertz CT molecular complexity index is 311. The summed E-state index contributed by atoms with van der Waals surface area (Å²) in [5, 5.41) is 10.7. The summed E-state index contributed by atoms with van der Waals surface area (Å²) >= 11 is 2.16.